The molecule has 0 spiro atoms. The third-order valence-electron chi connectivity index (χ3n) is 3.08. The van der Waals surface area contributed by atoms with Gasteiger partial charge in [-0.05, 0) is 31.3 Å². The van der Waals surface area contributed by atoms with Gasteiger partial charge in [-0.3, -0.25) is 0 Å². The minimum Gasteiger partial charge on any atom is -0.329 e. The monoisotopic (exact) mass is 338 g/mol. The Balaban J connectivity index is 2.68. The van der Waals surface area contributed by atoms with Crippen LogP contribution in [0.4, 0.5) is 13.2 Å². The van der Waals surface area contributed by atoms with Gasteiger partial charge in [0.25, 0.3) is 0 Å². The van der Waals surface area contributed by atoms with E-state index >= 15 is 0 Å². The Kier molecular flexibility index (Phi) is 3.92. The minimum absolute atomic E-state index is 0.0176. The molecule has 1 aromatic carbocycles. The summed E-state index contributed by atoms with van der Waals surface area (Å²) in [6.45, 7) is 1.39. The average molecular weight is 338 g/mol. The largest absolute Gasteiger partial charge is 0.391 e. The molecule has 0 aliphatic heterocycles. The molecule has 0 saturated carbocycles. The lowest BCUT2D eigenvalue weighted by Crippen LogP contribution is -2.16. The van der Waals surface area contributed by atoms with E-state index in [1.807, 2.05) is 0 Å². The first-order chi connectivity index (χ1) is 9.50. The number of para-hydroxylation sites is 1. The first-order valence-electron chi connectivity index (χ1n) is 6.01. The third kappa shape index (κ3) is 3.29. The van der Waals surface area contributed by atoms with Gasteiger partial charge in [-0.15, -0.1) is 0 Å². The molecule has 1 N–H and O–H groups in total. The number of imidazole rings is 1. The molecule has 2 rings (SSSR count). The van der Waals surface area contributed by atoms with Gasteiger partial charge in [-0.1, -0.05) is 6.07 Å². The number of halogens is 3. The lowest BCUT2D eigenvalue weighted by Gasteiger charge is -2.16. The van der Waals surface area contributed by atoms with Gasteiger partial charge in [0.15, 0.2) is 14.6 Å². The lowest BCUT2D eigenvalue weighted by molar-refractivity contribution is -0.141. The fourth-order valence-corrected chi connectivity index (χ4v) is 3.53. The van der Waals surface area contributed by atoms with Gasteiger partial charge in [0.05, 0.1) is 22.3 Å². The number of alkyl halides is 3. The highest BCUT2D eigenvalue weighted by molar-refractivity contribution is 7.91. The molecular formula is C12H13F3N2O2S2. The summed E-state index contributed by atoms with van der Waals surface area (Å²) in [5.74, 6) is 0. The summed E-state index contributed by atoms with van der Waals surface area (Å²) in [5, 5.41) is 0. The van der Waals surface area contributed by atoms with E-state index in [9.17, 15) is 21.6 Å². The number of H-pyrrole nitrogens is 1. The van der Waals surface area contributed by atoms with Crippen LogP contribution in [0.1, 0.15) is 19.4 Å². The predicted molar refractivity (Wildman–Crippen MR) is 75.6 cm³/mol. The number of nitrogens with one attached hydrogen (secondary N) is 1. The third-order valence-corrected chi connectivity index (χ3v) is 4.52. The number of aromatic nitrogens is 2. The number of benzene rings is 1. The van der Waals surface area contributed by atoms with Crippen molar-refractivity contribution in [1.29, 1.82) is 0 Å². The zero-order valence-corrected chi connectivity index (χ0v) is 12.9. The van der Waals surface area contributed by atoms with Crippen LogP contribution in [0.25, 0.3) is 11.0 Å². The van der Waals surface area contributed by atoms with Crippen molar-refractivity contribution in [2.24, 2.45) is 0 Å². The zero-order valence-electron chi connectivity index (χ0n) is 11.2. The molecule has 0 fully saturated rings. The van der Waals surface area contributed by atoms with Crippen LogP contribution in [-0.2, 0) is 9.84 Å². The summed E-state index contributed by atoms with van der Waals surface area (Å²) in [6, 6.07) is 3.49. The minimum atomic E-state index is -4.33. The maximum absolute atomic E-state index is 12.5. The van der Waals surface area contributed by atoms with E-state index in [0.717, 1.165) is 6.26 Å². The molecule has 1 aromatic heterocycles. The normalized spacial score (nSPS) is 14.5. The first-order valence-corrected chi connectivity index (χ1v) is 8.31. The second-order valence-electron chi connectivity index (χ2n) is 4.89. The molecule has 1 heterocycles. The molecule has 0 aliphatic rings. The van der Waals surface area contributed by atoms with Crippen molar-refractivity contribution in [3.63, 3.8) is 0 Å². The quantitative estimate of drug-likeness (QED) is 0.870. The van der Waals surface area contributed by atoms with E-state index in [4.69, 9.17) is 12.2 Å². The molecule has 4 nitrogen and oxygen atoms in total. The van der Waals surface area contributed by atoms with E-state index < -0.39 is 28.5 Å². The molecule has 1 atom stereocenters. The Labute approximate surface area is 124 Å². The second kappa shape index (κ2) is 5.13. The molecule has 116 valence electrons. The molecule has 0 saturated heterocycles. The predicted octanol–water partition coefficient (Wildman–Crippen LogP) is 3.62. The fraction of sp³-hybridized carbons (Fsp3) is 0.417. The van der Waals surface area contributed by atoms with Gasteiger partial charge in [0.1, 0.15) is 0 Å². The number of aromatic amines is 1. The van der Waals surface area contributed by atoms with E-state index in [1.165, 1.54) is 23.6 Å². The van der Waals surface area contributed by atoms with Crippen molar-refractivity contribution in [1.82, 2.24) is 9.55 Å². The summed E-state index contributed by atoms with van der Waals surface area (Å²) < 4.78 is 62.4. The van der Waals surface area contributed by atoms with Crippen molar-refractivity contribution in [2.45, 2.75) is 30.5 Å². The van der Waals surface area contributed by atoms with Gasteiger partial charge in [0, 0.05) is 12.3 Å². The number of nitrogens with zero attached hydrogens (tertiary/aromatic N) is 1. The average Bonchev–Trinajstić information content (AvgIpc) is 2.60. The maximum atomic E-state index is 12.5. The van der Waals surface area contributed by atoms with Crippen molar-refractivity contribution in [3.8, 4) is 0 Å². The van der Waals surface area contributed by atoms with Crippen molar-refractivity contribution < 1.29 is 21.6 Å². The van der Waals surface area contributed by atoms with Crippen molar-refractivity contribution >= 4 is 33.1 Å². The Hall–Kier alpha value is -1.35. The van der Waals surface area contributed by atoms with E-state index in [2.05, 4.69) is 4.98 Å². The molecule has 2 aromatic rings. The molecule has 9 heteroatoms. The summed E-state index contributed by atoms with van der Waals surface area (Å²) in [4.78, 5) is 2.72. The number of rotatable bonds is 3. The molecule has 21 heavy (non-hydrogen) atoms. The van der Waals surface area contributed by atoms with Gasteiger partial charge in [-0.2, -0.15) is 13.2 Å². The van der Waals surface area contributed by atoms with Gasteiger partial charge in [-0.25, -0.2) is 8.42 Å². The number of sulfone groups is 1. The Morgan fingerprint density at radius 3 is 2.52 bits per heavy atom. The standard InChI is InChI=1S/C12H13F3N2O2S2/c1-7(6-12(13,14)15)17-8-4-3-5-9(21(2,18)19)10(8)16-11(17)20/h3-5,7H,6H2,1-2H3,(H,16,20). The van der Waals surface area contributed by atoms with Crippen molar-refractivity contribution in [3.05, 3.63) is 23.0 Å². The summed E-state index contributed by atoms with van der Waals surface area (Å²) >= 11 is 5.05. The van der Waals surface area contributed by atoms with Crippen molar-refractivity contribution in [2.75, 3.05) is 6.26 Å². The van der Waals surface area contributed by atoms with Gasteiger partial charge < -0.3 is 9.55 Å². The topological polar surface area (TPSA) is 54.9 Å². The summed E-state index contributed by atoms with van der Waals surface area (Å²) in [6.07, 6.45) is -4.33. The lowest BCUT2D eigenvalue weighted by atomic mass is 10.2. The SMILES string of the molecule is CC(CC(F)(F)F)n1c(=S)[nH]c2c(S(C)(=O)=O)cccc21. The Morgan fingerprint density at radius 1 is 1.38 bits per heavy atom. The van der Waals surface area contributed by atoms with Crippen LogP contribution in [0, 0.1) is 4.77 Å². The van der Waals surface area contributed by atoms with Crippen LogP contribution in [0.2, 0.25) is 0 Å². The van der Waals surface area contributed by atoms with Crippen LogP contribution < -0.4 is 0 Å². The number of fused-ring (bicyclic) bond motifs is 1. The van der Waals surface area contributed by atoms with Crippen LogP contribution in [0.5, 0.6) is 0 Å². The fourth-order valence-electron chi connectivity index (χ4n) is 2.30. The molecule has 0 aliphatic carbocycles. The summed E-state index contributed by atoms with van der Waals surface area (Å²) in [5.41, 5.74) is 0.582. The van der Waals surface area contributed by atoms with Crippen LogP contribution in [0.3, 0.4) is 0 Å². The second-order valence-corrected chi connectivity index (χ2v) is 7.26. The molecular weight excluding hydrogens is 325 g/mol. The summed E-state index contributed by atoms with van der Waals surface area (Å²) in [7, 11) is -3.51. The van der Waals surface area contributed by atoms with E-state index in [-0.39, 0.29) is 15.2 Å². The molecule has 0 radical (unpaired) electrons. The molecule has 0 bridgehead atoms. The highest BCUT2D eigenvalue weighted by atomic mass is 32.2. The van der Waals surface area contributed by atoms with Gasteiger partial charge in [0.2, 0.25) is 0 Å². The van der Waals surface area contributed by atoms with Crippen LogP contribution in [0.15, 0.2) is 23.1 Å². The Bertz CT molecular complexity index is 834. The van der Waals surface area contributed by atoms with Crippen LogP contribution >= 0.6 is 12.2 Å². The van der Waals surface area contributed by atoms with E-state index in [0.29, 0.717) is 5.52 Å². The van der Waals surface area contributed by atoms with Gasteiger partial charge >= 0.3 is 6.18 Å². The van der Waals surface area contributed by atoms with Crippen LogP contribution in [-0.4, -0.2) is 30.4 Å². The number of hydrogen-bond donors (Lipinski definition) is 1. The van der Waals surface area contributed by atoms with E-state index in [1.54, 1.807) is 6.07 Å². The Morgan fingerprint density at radius 2 is 2.00 bits per heavy atom. The highest BCUT2D eigenvalue weighted by Gasteiger charge is 2.31. The maximum Gasteiger partial charge on any atom is 0.391 e. The highest BCUT2D eigenvalue weighted by Crippen LogP contribution is 2.31. The zero-order chi connectivity index (χ0) is 16.0. The molecule has 0 amide bonds. The number of hydrogen-bond acceptors (Lipinski definition) is 3. The molecule has 1 unspecified atom stereocenters. The smallest absolute Gasteiger partial charge is 0.329 e. The first kappa shape index (κ1) is 16.0.